The number of carbonyl (C=O) groups is 2. The molecule has 1 aromatic heterocycles. The molecule has 3 aliphatic rings. The molecule has 0 unspecified atom stereocenters. The zero-order valence-electron chi connectivity index (χ0n) is 17.0. The molecule has 8 nitrogen and oxygen atoms in total. The largest absolute Gasteiger partial charge is 0.481 e. The fourth-order valence-corrected chi connectivity index (χ4v) is 4.72. The zero-order valence-corrected chi connectivity index (χ0v) is 17.8. The minimum Gasteiger partial charge on any atom is -0.481 e. The van der Waals surface area contributed by atoms with Crippen molar-refractivity contribution in [2.75, 3.05) is 38.1 Å². The number of aromatic nitrogens is 1. The SMILES string of the molecule is CN1CCc2nc(N3CCN([C@H]4CC[C@H](CCC(=O)O)CC4)C3=O)oc2CC1.Cl. The summed E-state index contributed by atoms with van der Waals surface area (Å²) in [4.78, 5) is 34.3. The molecule has 3 heterocycles. The first kappa shape index (κ1) is 21.9. The van der Waals surface area contributed by atoms with E-state index in [-0.39, 0.29) is 30.9 Å². The quantitative estimate of drug-likeness (QED) is 0.778. The lowest BCUT2D eigenvalue weighted by Gasteiger charge is -2.34. The summed E-state index contributed by atoms with van der Waals surface area (Å²) in [6.07, 6.45) is 6.61. The van der Waals surface area contributed by atoms with Crippen LogP contribution in [0, 0.1) is 5.92 Å². The average molecular weight is 427 g/mol. The van der Waals surface area contributed by atoms with Crippen LogP contribution in [0.15, 0.2) is 4.42 Å². The molecule has 2 fully saturated rings. The summed E-state index contributed by atoms with van der Waals surface area (Å²) in [5.41, 5.74) is 0.990. The molecule has 0 atom stereocenters. The lowest BCUT2D eigenvalue weighted by molar-refractivity contribution is -0.137. The molecule has 0 aromatic carbocycles. The first-order valence-electron chi connectivity index (χ1n) is 10.5. The van der Waals surface area contributed by atoms with E-state index < -0.39 is 5.97 Å². The highest BCUT2D eigenvalue weighted by Crippen LogP contribution is 2.33. The number of carbonyl (C=O) groups excluding carboxylic acids is 1. The predicted molar refractivity (Wildman–Crippen MR) is 111 cm³/mol. The van der Waals surface area contributed by atoms with E-state index in [1.165, 1.54) is 0 Å². The van der Waals surface area contributed by atoms with E-state index in [2.05, 4.69) is 16.9 Å². The zero-order chi connectivity index (χ0) is 19.7. The number of halogens is 1. The summed E-state index contributed by atoms with van der Waals surface area (Å²) in [6.45, 7) is 3.24. The number of anilines is 1. The van der Waals surface area contributed by atoms with E-state index in [0.717, 1.165) is 69.5 Å². The van der Waals surface area contributed by atoms with Gasteiger partial charge in [0.25, 0.3) is 0 Å². The van der Waals surface area contributed by atoms with Gasteiger partial charge in [0, 0.05) is 51.5 Å². The summed E-state index contributed by atoms with van der Waals surface area (Å²) in [6, 6.07) is 0.708. The third-order valence-electron chi connectivity index (χ3n) is 6.51. The maximum absolute atomic E-state index is 13.0. The monoisotopic (exact) mass is 426 g/mol. The number of carboxylic acid groups (broad SMARTS) is 1. The molecule has 0 bridgehead atoms. The van der Waals surface area contributed by atoms with Crippen LogP contribution in [0.4, 0.5) is 10.8 Å². The Morgan fingerprint density at radius 1 is 1.14 bits per heavy atom. The molecular formula is C20H31ClN4O4. The van der Waals surface area contributed by atoms with Crippen molar-refractivity contribution in [1.29, 1.82) is 0 Å². The summed E-state index contributed by atoms with van der Waals surface area (Å²) in [5, 5.41) is 8.85. The van der Waals surface area contributed by atoms with Crippen LogP contribution in [-0.2, 0) is 17.6 Å². The second kappa shape index (κ2) is 9.34. The van der Waals surface area contributed by atoms with Crippen molar-refractivity contribution < 1.29 is 19.1 Å². The van der Waals surface area contributed by atoms with Gasteiger partial charge in [0.1, 0.15) is 5.76 Å². The van der Waals surface area contributed by atoms with Crippen LogP contribution in [0.2, 0.25) is 0 Å². The van der Waals surface area contributed by atoms with Crippen molar-refractivity contribution in [2.45, 2.75) is 57.4 Å². The number of rotatable bonds is 5. The average Bonchev–Trinajstić information content (AvgIpc) is 3.22. The molecule has 1 aromatic rings. The van der Waals surface area contributed by atoms with Crippen LogP contribution in [0.1, 0.15) is 50.0 Å². The molecule has 162 valence electrons. The number of fused-ring (bicyclic) bond motifs is 1. The molecule has 1 saturated carbocycles. The van der Waals surface area contributed by atoms with E-state index in [4.69, 9.17) is 9.52 Å². The maximum Gasteiger partial charge on any atom is 0.328 e. The van der Waals surface area contributed by atoms with Gasteiger partial charge in [-0.3, -0.25) is 4.79 Å². The molecule has 0 spiro atoms. The number of hydrogen-bond donors (Lipinski definition) is 1. The number of nitrogens with zero attached hydrogens (tertiary/aromatic N) is 4. The minimum atomic E-state index is -0.719. The lowest BCUT2D eigenvalue weighted by atomic mass is 9.83. The first-order valence-corrected chi connectivity index (χ1v) is 10.5. The number of hydrogen-bond acceptors (Lipinski definition) is 5. The smallest absolute Gasteiger partial charge is 0.328 e. The van der Waals surface area contributed by atoms with Gasteiger partial charge < -0.3 is 19.3 Å². The van der Waals surface area contributed by atoms with Crippen molar-refractivity contribution in [3.8, 4) is 0 Å². The lowest BCUT2D eigenvalue weighted by Crippen LogP contribution is -2.41. The maximum atomic E-state index is 13.0. The van der Waals surface area contributed by atoms with Crippen LogP contribution in [-0.4, -0.2) is 71.2 Å². The Hall–Kier alpha value is -1.80. The van der Waals surface area contributed by atoms with Crippen LogP contribution in [0.25, 0.3) is 0 Å². The number of amides is 2. The van der Waals surface area contributed by atoms with Gasteiger partial charge in [0.2, 0.25) is 0 Å². The third-order valence-corrected chi connectivity index (χ3v) is 6.51. The summed E-state index contributed by atoms with van der Waals surface area (Å²) in [5.74, 6) is 0.676. The van der Waals surface area contributed by atoms with Gasteiger partial charge in [0.05, 0.1) is 5.69 Å². The summed E-state index contributed by atoms with van der Waals surface area (Å²) in [7, 11) is 2.10. The standard InChI is InChI=1S/C20H30N4O4.ClH/c1-22-10-8-16-17(9-11-22)28-19(21-16)24-13-12-23(20(24)27)15-5-2-14(3-6-15)4-7-18(25)26;/h14-15H,2-13H2,1H3,(H,25,26);1H/t14-,15-;. The fourth-order valence-electron chi connectivity index (χ4n) is 4.72. The number of likely N-dealkylation sites (N-methyl/N-ethyl adjacent to an activating group) is 1. The molecule has 1 N–H and O–H groups in total. The topological polar surface area (TPSA) is 90.1 Å². The van der Waals surface area contributed by atoms with Gasteiger partial charge >= 0.3 is 18.0 Å². The molecular weight excluding hydrogens is 396 g/mol. The summed E-state index contributed by atoms with van der Waals surface area (Å²) >= 11 is 0. The van der Waals surface area contributed by atoms with Crippen molar-refractivity contribution in [3.05, 3.63) is 11.5 Å². The highest BCUT2D eigenvalue weighted by Gasteiger charge is 2.38. The van der Waals surface area contributed by atoms with Gasteiger partial charge in [-0.05, 0) is 45.1 Å². The van der Waals surface area contributed by atoms with Crippen molar-refractivity contribution >= 4 is 30.4 Å². The molecule has 1 aliphatic carbocycles. The Bertz CT molecular complexity index is 707. The Balaban J connectivity index is 0.00000240. The fraction of sp³-hybridized carbons (Fsp3) is 0.750. The highest BCUT2D eigenvalue weighted by molar-refractivity contribution is 5.92. The highest BCUT2D eigenvalue weighted by atomic mass is 35.5. The van der Waals surface area contributed by atoms with Crippen LogP contribution in [0.3, 0.4) is 0 Å². The van der Waals surface area contributed by atoms with Crippen LogP contribution >= 0.6 is 12.4 Å². The van der Waals surface area contributed by atoms with Crippen molar-refractivity contribution in [1.82, 2.24) is 14.8 Å². The number of aliphatic carboxylic acids is 1. The molecule has 1 saturated heterocycles. The van der Waals surface area contributed by atoms with Gasteiger partial charge in [0.15, 0.2) is 0 Å². The minimum absolute atomic E-state index is 0. The van der Waals surface area contributed by atoms with Gasteiger partial charge in [-0.25, -0.2) is 9.69 Å². The van der Waals surface area contributed by atoms with Gasteiger partial charge in [-0.15, -0.1) is 12.4 Å². The molecule has 0 radical (unpaired) electrons. The van der Waals surface area contributed by atoms with Crippen molar-refractivity contribution in [3.63, 3.8) is 0 Å². The second-order valence-electron chi connectivity index (χ2n) is 8.40. The third kappa shape index (κ3) is 4.86. The Kier molecular flexibility index (Phi) is 7.05. The number of carboxylic acids is 1. The normalized spacial score (nSPS) is 25.5. The van der Waals surface area contributed by atoms with E-state index >= 15 is 0 Å². The second-order valence-corrected chi connectivity index (χ2v) is 8.40. The Labute approximate surface area is 177 Å². The van der Waals surface area contributed by atoms with E-state index in [1.807, 2.05) is 4.90 Å². The molecule has 29 heavy (non-hydrogen) atoms. The van der Waals surface area contributed by atoms with Gasteiger partial charge in [-0.2, -0.15) is 4.98 Å². The van der Waals surface area contributed by atoms with Crippen LogP contribution in [0.5, 0.6) is 0 Å². The van der Waals surface area contributed by atoms with Crippen molar-refractivity contribution in [2.24, 2.45) is 5.92 Å². The molecule has 2 aliphatic heterocycles. The predicted octanol–water partition coefficient (Wildman–Crippen LogP) is 2.79. The molecule has 4 rings (SSSR count). The first-order chi connectivity index (χ1) is 13.5. The van der Waals surface area contributed by atoms with E-state index in [9.17, 15) is 9.59 Å². The Morgan fingerprint density at radius 2 is 1.86 bits per heavy atom. The van der Waals surface area contributed by atoms with Gasteiger partial charge in [-0.1, -0.05) is 0 Å². The van der Waals surface area contributed by atoms with E-state index in [0.29, 0.717) is 25.0 Å². The molecule has 9 heteroatoms. The number of urea groups is 1. The molecule has 2 amide bonds. The summed E-state index contributed by atoms with van der Waals surface area (Å²) < 4.78 is 5.98. The van der Waals surface area contributed by atoms with E-state index in [1.54, 1.807) is 4.90 Å². The van der Waals surface area contributed by atoms with Crippen LogP contribution < -0.4 is 4.90 Å². The Morgan fingerprint density at radius 3 is 2.59 bits per heavy atom. The number of oxazole rings is 1.